The second kappa shape index (κ2) is 6.27. The van der Waals surface area contributed by atoms with E-state index < -0.39 is 6.10 Å². The Morgan fingerprint density at radius 3 is 2.32 bits per heavy atom. The summed E-state index contributed by atoms with van der Waals surface area (Å²) in [5, 5.41) is 11.0. The van der Waals surface area contributed by atoms with Gasteiger partial charge < -0.3 is 5.11 Å². The molecular weight excluding hydrogens is 459 g/mol. The van der Waals surface area contributed by atoms with E-state index in [4.69, 9.17) is 11.6 Å². The second-order valence-electron chi connectivity index (χ2n) is 4.19. The third-order valence-corrected chi connectivity index (χ3v) is 5.19. The lowest BCUT2D eigenvalue weighted by molar-refractivity contribution is 0.219. The lowest BCUT2D eigenvalue weighted by Gasteiger charge is -2.16. The highest BCUT2D eigenvalue weighted by atomic mass is 79.9. The summed E-state index contributed by atoms with van der Waals surface area (Å²) < 4.78 is 2.70. The van der Waals surface area contributed by atoms with Crippen molar-refractivity contribution in [3.05, 3.63) is 65.5 Å². The van der Waals surface area contributed by atoms with Gasteiger partial charge in [0.25, 0.3) is 0 Å². The summed E-state index contributed by atoms with van der Waals surface area (Å²) in [6.07, 6.45) is -0.771. The van der Waals surface area contributed by atoms with E-state index in [-0.39, 0.29) is 0 Å². The molecule has 0 radical (unpaired) electrons. The average Bonchev–Trinajstić information content (AvgIpc) is 2.33. The zero-order chi connectivity index (χ0) is 14.2. The van der Waals surface area contributed by atoms with E-state index >= 15 is 0 Å². The van der Waals surface area contributed by atoms with Crippen molar-refractivity contribution in [1.82, 2.24) is 0 Å². The molecule has 0 aliphatic heterocycles. The minimum Gasteiger partial charge on any atom is -0.384 e. The number of aryl methyl sites for hydroxylation is 1. The fraction of sp³-hybridized carbons (Fsp3) is 0.143. The Morgan fingerprint density at radius 1 is 1.00 bits per heavy atom. The molecule has 5 heteroatoms. The molecule has 0 saturated carbocycles. The van der Waals surface area contributed by atoms with Crippen LogP contribution in [-0.4, -0.2) is 5.11 Å². The summed E-state index contributed by atoms with van der Waals surface area (Å²) in [7, 11) is 0. The smallest absolute Gasteiger partial charge is 0.107 e. The molecule has 1 unspecified atom stereocenters. The molecule has 2 rings (SSSR count). The summed E-state index contributed by atoms with van der Waals surface area (Å²) in [6, 6.07) is 9.33. The van der Waals surface area contributed by atoms with Gasteiger partial charge in [-0.05, 0) is 36.8 Å². The third-order valence-electron chi connectivity index (χ3n) is 2.83. The van der Waals surface area contributed by atoms with Crippen molar-refractivity contribution in [3.63, 3.8) is 0 Å². The van der Waals surface area contributed by atoms with E-state index in [9.17, 15) is 5.11 Å². The van der Waals surface area contributed by atoms with Crippen LogP contribution in [0.5, 0.6) is 0 Å². The molecule has 1 atom stereocenters. The van der Waals surface area contributed by atoms with E-state index in [0.29, 0.717) is 10.6 Å². The molecule has 1 nitrogen and oxygen atoms in total. The van der Waals surface area contributed by atoms with Crippen molar-refractivity contribution < 1.29 is 5.11 Å². The topological polar surface area (TPSA) is 20.2 Å². The van der Waals surface area contributed by atoms with Gasteiger partial charge in [0.2, 0.25) is 0 Å². The molecule has 0 fully saturated rings. The number of aliphatic hydroxyl groups excluding tert-OH is 1. The molecular formula is C14H10Br3ClO. The molecule has 0 aromatic heterocycles. The normalized spacial score (nSPS) is 12.5. The highest BCUT2D eigenvalue weighted by Gasteiger charge is 2.18. The van der Waals surface area contributed by atoms with Crippen molar-refractivity contribution in [1.29, 1.82) is 0 Å². The van der Waals surface area contributed by atoms with Crippen LogP contribution in [0.25, 0.3) is 0 Å². The number of aliphatic hydroxyl groups is 1. The highest BCUT2D eigenvalue weighted by Crippen LogP contribution is 2.36. The van der Waals surface area contributed by atoms with Gasteiger partial charge in [0, 0.05) is 29.6 Å². The summed E-state index contributed by atoms with van der Waals surface area (Å²) in [5.74, 6) is 0. The third kappa shape index (κ3) is 3.42. The van der Waals surface area contributed by atoms with E-state index in [0.717, 1.165) is 24.5 Å². The Hall–Kier alpha value is 0.130. The molecule has 100 valence electrons. The maximum Gasteiger partial charge on any atom is 0.107 e. The van der Waals surface area contributed by atoms with Crippen LogP contribution in [0.4, 0.5) is 0 Å². The zero-order valence-electron chi connectivity index (χ0n) is 9.92. The molecule has 0 amide bonds. The minimum atomic E-state index is -0.771. The largest absolute Gasteiger partial charge is 0.384 e. The zero-order valence-corrected chi connectivity index (χ0v) is 15.4. The molecule has 0 saturated heterocycles. The van der Waals surface area contributed by atoms with Gasteiger partial charge in [0.1, 0.15) is 6.10 Å². The Morgan fingerprint density at radius 2 is 1.68 bits per heavy atom. The quantitative estimate of drug-likeness (QED) is 0.571. The predicted molar refractivity (Wildman–Crippen MR) is 89.8 cm³/mol. The van der Waals surface area contributed by atoms with Crippen LogP contribution >= 0.6 is 59.4 Å². The maximum atomic E-state index is 10.5. The Balaban J connectivity index is 2.49. The molecule has 0 bridgehead atoms. The first-order chi connectivity index (χ1) is 8.90. The van der Waals surface area contributed by atoms with E-state index in [1.807, 2.05) is 31.2 Å². The van der Waals surface area contributed by atoms with Gasteiger partial charge in [0.15, 0.2) is 0 Å². The Labute approximate surface area is 142 Å². The first-order valence-electron chi connectivity index (χ1n) is 5.48. The second-order valence-corrected chi connectivity index (χ2v) is 7.22. The van der Waals surface area contributed by atoms with E-state index in [1.54, 1.807) is 6.07 Å². The molecule has 1 N–H and O–H groups in total. The number of hydrogen-bond acceptors (Lipinski definition) is 1. The van der Waals surface area contributed by atoms with Crippen LogP contribution in [0.3, 0.4) is 0 Å². The maximum absolute atomic E-state index is 10.5. The molecule has 2 aromatic rings. The van der Waals surface area contributed by atoms with Crippen molar-refractivity contribution >= 4 is 59.4 Å². The number of hydrogen-bond donors (Lipinski definition) is 1. The fourth-order valence-electron chi connectivity index (χ4n) is 1.76. The van der Waals surface area contributed by atoms with Crippen LogP contribution in [0.15, 0.2) is 43.7 Å². The molecule has 0 spiro atoms. The lowest BCUT2D eigenvalue weighted by Crippen LogP contribution is -2.02. The molecule has 19 heavy (non-hydrogen) atoms. The van der Waals surface area contributed by atoms with Crippen molar-refractivity contribution in [2.45, 2.75) is 13.0 Å². The van der Waals surface area contributed by atoms with Crippen LogP contribution in [0.2, 0.25) is 5.02 Å². The lowest BCUT2D eigenvalue weighted by atomic mass is 10.0. The van der Waals surface area contributed by atoms with Crippen LogP contribution in [0, 0.1) is 6.92 Å². The Bertz CT molecular complexity index is 628. The SMILES string of the molecule is Cc1cc(Br)c(C(O)c2ccc(Br)cc2Cl)cc1Br. The van der Waals surface area contributed by atoms with Crippen molar-refractivity contribution in [2.24, 2.45) is 0 Å². The van der Waals surface area contributed by atoms with Gasteiger partial charge in [0.05, 0.1) is 0 Å². The fourth-order valence-corrected chi connectivity index (χ4v) is 3.57. The molecule has 0 heterocycles. The molecule has 2 aromatic carbocycles. The predicted octanol–water partition coefficient (Wildman–Crippen LogP) is 6.02. The van der Waals surface area contributed by atoms with Gasteiger partial charge in [-0.1, -0.05) is 65.5 Å². The number of halogens is 4. The standard InChI is InChI=1S/C14H10Br3ClO/c1-7-4-12(17)10(6-11(7)16)14(19)9-3-2-8(15)5-13(9)18/h2-6,14,19H,1H3. The van der Waals surface area contributed by atoms with Gasteiger partial charge >= 0.3 is 0 Å². The van der Waals surface area contributed by atoms with Crippen molar-refractivity contribution in [2.75, 3.05) is 0 Å². The summed E-state index contributed by atoms with van der Waals surface area (Å²) in [4.78, 5) is 0. The van der Waals surface area contributed by atoms with Crippen LogP contribution in [-0.2, 0) is 0 Å². The van der Waals surface area contributed by atoms with Gasteiger partial charge in [-0.25, -0.2) is 0 Å². The molecule has 0 aliphatic rings. The monoisotopic (exact) mass is 466 g/mol. The van der Waals surface area contributed by atoms with Crippen LogP contribution < -0.4 is 0 Å². The van der Waals surface area contributed by atoms with Gasteiger partial charge in [-0.3, -0.25) is 0 Å². The molecule has 0 aliphatic carbocycles. The number of rotatable bonds is 2. The first-order valence-corrected chi connectivity index (χ1v) is 8.24. The van der Waals surface area contributed by atoms with Crippen molar-refractivity contribution in [3.8, 4) is 0 Å². The van der Waals surface area contributed by atoms with Gasteiger partial charge in [-0.2, -0.15) is 0 Å². The number of benzene rings is 2. The average molecular weight is 469 g/mol. The summed E-state index contributed by atoms with van der Waals surface area (Å²) >= 11 is 16.5. The highest BCUT2D eigenvalue weighted by molar-refractivity contribution is 9.11. The van der Waals surface area contributed by atoms with E-state index in [2.05, 4.69) is 47.8 Å². The summed E-state index contributed by atoms with van der Waals surface area (Å²) in [6.45, 7) is 2.00. The van der Waals surface area contributed by atoms with Crippen LogP contribution in [0.1, 0.15) is 22.8 Å². The van der Waals surface area contributed by atoms with Gasteiger partial charge in [-0.15, -0.1) is 0 Å². The summed E-state index contributed by atoms with van der Waals surface area (Å²) in [5.41, 5.74) is 2.56. The minimum absolute atomic E-state index is 0.533. The Kier molecular flexibility index (Phi) is 5.12. The first kappa shape index (κ1) is 15.5. The van der Waals surface area contributed by atoms with E-state index in [1.165, 1.54) is 0 Å².